The summed E-state index contributed by atoms with van der Waals surface area (Å²) in [6.07, 6.45) is 29.3. The van der Waals surface area contributed by atoms with Crippen LogP contribution in [0.25, 0.3) is 0 Å². The van der Waals surface area contributed by atoms with E-state index in [4.69, 9.17) is 13.6 Å². The maximum atomic E-state index is 11.5. The number of rotatable bonds is 32. The van der Waals surface area contributed by atoms with E-state index in [0.29, 0.717) is 11.5 Å². The zero-order chi connectivity index (χ0) is 34.3. The molecule has 0 rings (SSSR count). The van der Waals surface area contributed by atoms with Gasteiger partial charge in [-0.05, 0) is 51.6 Å². The molecule has 45 heavy (non-hydrogen) atoms. The maximum absolute atomic E-state index is 11.5. The number of ether oxygens (including phenoxy) is 1. The molecule has 0 N–H and O–H groups in total. The van der Waals surface area contributed by atoms with E-state index in [2.05, 4.69) is 54.6 Å². The van der Waals surface area contributed by atoms with Crippen LogP contribution in [0.3, 0.4) is 0 Å². The lowest BCUT2D eigenvalue weighted by molar-refractivity contribution is 0.126. The normalized spacial score (nSPS) is 11.6. The molecule has 0 aliphatic heterocycles. The van der Waals surface area contributed by atoms with Crippen LogP contribution in [-0.4, -0.2) is 54.9 Å². The summed E-state index contributed by atoms with van der Waals surface area (Å²) in [6.45, 7) is 21.2. The zero-order valence-corrected chi connectivity index (χ0v) is 34.0. The Morgan fingerprint density at radius 1 is 0.378 bits per heavy atom. The van der Waals surface area contributed by atoms with Crippen LogP contribution in [-0.2, 0) is 23.4 Å². The Hall–Kier alpha value is 0.0469. The van der Waals surface area contributed by atoms with E-state index in [-0.39, 0.29) is 0 Å². The summed E-state index contributed by atoms with van der Waals surface area (Å²) in [5.74, 6) is 0.801. The van der Waals surface area contributed by atoms with Crippen molar-refractivity contribution in [3.8, 4) is 0 Å². The highest BCUT2D eigenvalue weighted by molar-refractivity contribution is 7.91. The summed E-state index contributed by atoms with van der Waals surface area (Å²) in [5.41, 5.74) is 0. The SMILES string of the molecule is CCCCCCCOCCCCC.CCCCCCCO[Si](C)(C)OCCCCC.CCCCCCCS(=O)(=O)CCCCC. The van der Waals surface area contributed by atoms with Crippen molar-refractivity contribution in [1.29, 1.82) is 0 Å². The average molecular weight is 681 g/mol. The Kier molecular flexibility index (Phi) is 44.2. The van der Waals surface area contributed by atoms with E-state index in [0.717, 1.165) is 58.5 Å². The minimum Gasteiger partial charge on any atom is -0.395 e. The molecule has 0 aliphatic carbocycles. The highest BCUT2D eigenvalue weighted by Gasteiger charge is 2.23. The molecule has 0 radical (unpaired) electrons. The van der Waals surface area contributed by atoms with Gasteiger partial charge in [0.15, 0.2) is 0 Å². The minimum atomic E-state index is -2.74. The van der Waals surface area contributed by atoms with E-state index in [1.54, 1.807) is 0 Å². The quantitative estimate of drug-likeness (QED) is 0.0523. The van der Waals surface area contributed by atoms with Crippen molar-refractivity contribution in [2.24, 2.45) is 0 Å². The van der Waals surface area contributed by atoms with Crippen LogP contribution >= 0.6 is 0 Å². The summed E-state index contributed by atoms with van der Waals surface area (Å²) < 4.78 is 40.4. The first-order valence-corrected chi connectivity index (χ1v) is 24.4. The molecule has 7 heteroatoms. The first kappa shape index (κ1) is 49.4. The molecular weight excluding hydrogens is 597 g/mol. The van der Waals surface area contributed by atoms with Crippen LogP contribution in [0.15, 0.2) is 0 Å². The number of sulfone groups is 1. The van der Waals surface area contributed by atoms with Crippen LogP contribution in [0.4, 0.5) is 0 Å². The first-order valence-electron chi connectivity index (χ1n) is 19.7. The summed E-state index contributed by atoms with van der Waals surface area (Å²) in [5, 5.41) is 0. The van der Waals surface area contributed by atoms with Crippen molar-refractivity contribution < 1.29 is 22.0 Å². The highest BCUT2D eigenvalue weighted by Crippen LogP contribution is 2.11. The third-order valence-electron chi connectivity index (χ3n) is 7.80. The zero-order valence-electron chi connectivity index (χ0n) is 32.2. The fraction of sp³-hybridized carbons (Fsp3) is 1.00. The Morgan fingerprint density at radius 2 is 0.644 bits per heavy atom. The molecule has 0 atom stereocenters. The van der Waals surface area contributed by atoms with Crippen LogP contribution in [0.1, 0.15) is 196 Å². The van der Waals surface area contributed by atoms with E-state index < -0.39 is 18.4 Å². The molecule has 0 bridgehead atoms. The average Bonchev–Trinajstić information content (AvgIpc) is 3.01. The Bertz CT molecular complexity index is 618. The van der Waals surface area contributed by atoms with Crippen LogP contribution in [0, 0.1) is 0 Å². The molecule has 0 spiro atoms. The largest absolute Gasteiger partial charge is 0.395 e. The molecule has 0 aromatic rings. The Balaban J connectivity index is -0.000000593. The number of hydrogen-bond donors (Lipinski definition) is 0. The maximum Gasteiger partial charge on any atom is 0.331 e. The van der Waals surface area contributed by atoms with Crippen molar-refractivity contribution in [3.63, 3.8) is 0 Å². The molecule has 0 fully saturated rings. The third kappa shape index (κ3) is 48.6. The molecule has 0 heterocycles. The molecule has 0 aliphatic rings. The van der Waals surface area contributed by atoms with Crippen LogP contribution in [0.5, 0.6) is 0 Å². The second kappa shape index (κ2) is 40.2. The second-order valence-corrected chi connectivity index (χ2v) is 18.9. The van der Waals surface area contributed by atoms with E-state index in [1.807, 2.05) is 0 Å². The smallest absolute Gasteiger partial charge is 0.331 e. The van der Waals surface area contributed by atoms with Gasteiger partial charge >= 0.3 is 8.56 Å². The summed E-state index contributed by atoms with van der Waals surface area (Å²) in [4.78, 5) is 0. The standard InChI is InChI=1S/C14H32O2Si.C12H26O2S.C12H26O/c1-5-7-9-10-12-14-16-17(3,4)15-13-11-8-6-2;1-3-5-7-8-10-12-15(13,14)11-9-6-4-2;1-3-5-7-8-10-12-13-11-9-6-4-2/h5-14H2,1-4H3;3-12H2,1-2H3;3-12H2,1-2H3. The van der Waals surface area contributed by atoms with Crippen LogP contribution < -0.4 is 0 Å². The van der Waals surface area contributed by atoms with Gasteiger partial charge < -0.3 is 13.6 Å². The summed E-state index contributed by atoms with van der Waals surface area (Å²) in [6, 6.07) is 0. The highest BCUT2D eigenvalue weighted by atomic mass is 32.2. The Morgan fingerprint density at radius 3 is 1.07 bits per heavy atom. The van der Waals surface area contributed by atoms with Gasteiger partial charge in [-0.1, -0.05) is 157 Å². The molecule has 0 unspecified atom stereocenters. The van der Waals surface area contributed by atoms with Gasteiger partial charge in [0.2, 0.25) is 0 Å². The van der Waals surface area contributed by atoms with E-state index in [9.17, 15) is 8.42 Å². The molecule has 276 valence electrons. The molecule has 0 saturated carbocycles. The molecule has 0 saturated heterocycles. The molecule has 0 amide bonds. The van der Waals surface area contributed by atoms with Crippen molar-refractivity contribution in [2.45, 2.75) is 209 Å². The lowest BCUT2D eigenvalue weighted by Gasteiger charge is -2.22. The summed E-state index contributed by atoms with van der Waals surface area (Å²) >= 11 is 0. The predicted molar refractivity (Wildman–Crippen MR) is 204 cm³/mol. The van der Waals surface area contributed by atoms with Gasteiger partial charge in [0.1, 0.15) is 9.84 Å². The van der Waals surface area contributed by atoms with Gasteiger partial charge in [0.05, 0.1) is 11.5 Å². The minimum absolute atomic E-state index is 0.397. The topological polar surface area (TPSA) is 61.8 Å². The first-order chi connectivity index (χ1) is 21.7. The third-order valence-corrected chi connectivity index (χ3v) is 11.4. The van der Waals surface area contributed by atoms with E-state index >= 15 is 0 Å². The molecule has 5 nitrogen and oxygen atoms in total. The van der Waals surface area contributed by atoms with Gasteiger partial charge in [-0.2, -0.15) is 0 Å². The molecule has 0 aromatic carbocycles. The van der Waals surface area contributed by atoms with Crippen molar-refractivity contribution in [2.75, 3.05) is 37.9 Å². The molecular formula is C38H84O5SSi. The fourth-order valence-corrected chi connectivity index (χ4v) is 7.55. The van der Waals surface area contributed by atoms with Gasteiger partial charge in [0.25, 0.3) is 0 Å². The van der Waals surface area contributed by atoms with Crippen LogP contribution in [0.2, 0.25) is 13.1 Å². The van der Waals surface area contributed by atoms with Gasteiger partial charge in [0, 0.05) is 26.4 Å². The monoisotopic (exact) mass is 681 g/mol. The lowest BCUT2D eigenvalue weighted by Crippen LogP contribution is -2.35. The predicted octanol–water partition coefficient (Wildman–Crippen LogP) is 12.6. The van der Waals surface area contributed by atoms with Gasteiger partial charge in [-0.3, -0.25) is 0 Å². The van der Waals surface area contributed by atoms with Crippen molar-refractivity contribution in [1.82, 2.24) is 0 Å². The number of unbranched alkanes of at least 4 members (excludes halogenated alkanes) is 18. The Labute approximate surface area is 286 Å². The van der Waals surface area contributed by atoms with Crippen molar-refractivity contribution in [3.05, 3.63) is 0 Å². The van der Waals surface area contributed by atoms with Crippen molar-refractivity contribution >= 4 is 18.4 Å². The number of hydrogen-bond acceptors (Lipinski definition) is 5. The summed E-state index contributed by atoms with van der Waals surface area (Å²) in [7, 11) is -4.56. The second-order valence-electron chi connectivity index (χ2n) is 13.2. The lowest BCUT2D eigenvalue weighted by atomic mass is 10.2. The van der Waals surface area contributed by atoms with E-state index in [1.165, 1.54) is 122 Å². The van der Waals surface area contributed by atoms with Gasteiger partial charge in [-0.25, -0.2) is 8.42 Å². The molecule has 0 aromatic heterocycles. The van der Waals surface area contributed by atoms with Gasteiger partial charge in [-0.15, -0.1) is 0 Å². The fourth-order valence-electron chi connectivity index (χ4n) is 4.70.